The Morgan fingerprint density at radius 3 is 2.52 bits per heavy atom. The highest BCUT2D eigenvalue weighted by molar-refractivity contribution is 5.90. The maximum Gasteiger partial charge on any atom is 0.341 e. The number of aromatic nitrogens is 5. The third-order valence-electron chi connectivity index (χ3n) is 4.56. The van der Waals surface area contributed by atoms with Crippen LogP contribution in [0.15, 0.2) is 67.0 Å². The Balaban J connectivity index is 1.51. The van der Waals surface area contributed by atoms with Gasteiger partial charge in [0.05, 0.1) is 41.8 Å². The first kappa shape index (κ1) is 20.4. The zero-order valence-electron chi connectivity index (χ0n) is 16.9. The minimum atomic E-state index is -0.456. The zero-order valence-corrected chi connectivity index (χ0v) is 16.9. The van der Waals surface area contributed by atoms with E-state index in [9.17, 15) is 9.18 Å². The first-order valence-corrected chi connectivity index (χ1v) is 9.83. The predicted octanol–water partition coefficient (Wildman–Crippen LogP) is 3.06. The topological polar surface area (TPSA) is 86.9 Å². The Kier molecular flexibility index (Phi) is 6.13. The van der Waals surface area contributed by atoms with Crippen LogP contribution in [0, 0.1) is 5.82 Å². The molecular formula is C22H21FN6O2. The van der Waals surface area contributed by atoms with Crippen molar-refractivity contribution in [1.29, 1.82) is 0 Å². The van der Waals surface area contributed by atoms with Crippen molar-refractivity contribution in [1.82, 2.24) is 30.1 Å². The zero-order chi connectivity index (χ0) is 21.6. The minimum absolute atomic E-state index is 0.260. The summed E-state index contributed by atoms with van der Waals surface area (Å²) in [6, 6.07) is 15.5. The molecule has 2 aromatic carbocycles. The van der Waals surface area contributed by atoms with Gasteiger partial charge in [0.15, 0.2) is 0 Å². The van der Waals surface area contributed by atoms with Crippen molar-refractivity contribution in [2.75, 3.05) is 6.61 Å². The monoisotopic (exact) mass is 420 g/mol. The van der Waals surface area contributed by atoms with E-state index in [1.165, 1.54) is 18.3 Å². The van der Waals surface area contributed by atoms with Crippen molar-refractivity contribution in [2.24, 2.45) is 0 Å². The highest BCUT2D eigenvalue weighted by atomic mass is 19.1. The normalized spacial score (nSPS) is 10.9. The van der Waals surface area contributed by atoms with E-state index >= 15 is 0 Å². The fourth-order valence-corrected chi connectivity index (χ4v) is 3.10. The van der Waals surface area contributed by atoms with E-state index in [1.54, 1.807) is 34.7 Å². The molecule has 4 aromatic rings. The first-order chi connectivity index (χ1) is 15.2. The highest BCUT2D eigenvalue weighted by Gasteiger charge is 2.19. The Bertz CT molecular complexity index is 1150. The second-order valence-corrected chi connectivity index (χ2v) is 6.68. The molecule has 0 aliphatic heterocycles. The molecule has 0 atom stereocenters. The third kappa shape index (κ3) is 4.67. The number of ether oxygens (including phenoxy) is 1. The molecule has 0 radical (unpaired) electrons. The van der Waals surface area contributed by atoms with E-state index in [0.29, 0.717) is 30.0 Å². The molecule has 0 saturated carbocycles. The molecule has 1 N–H and O–H groups in total. The van der Waals surface area contributed by atoms with Gasteiger partial charge in [-0.15, -0.1) is 0 Å². The van der Waals surface area contributed by atoms with Gasteiger partial charge in [0.2, 0.25) is 0 Å². The predicted molar refractivity (Wildman–Crippen MR) is 111 cm³/mol. The van der Waals surface area contributed by atoms with E-state index < -0.39 is 5.97 Å². The van der Waals surface area contributed by atoms with E-state index in [2.05, 4.69) is 20.6 Å². The van der Waals surface area contributed by atoms with Crippen LogP contribution in [0.1, 0.15) is 28.7 Å². The van der Waals surface area contributed by atoms with Crippen molar-refractivity contribution in [3.63, 3.8) is 0 Å². The summed E-state index contributed by atoms with van der Waals surface area (Å²) in [6.45, 7) is 2.76. The summed E-state index contributed by atoms with van der Waals surface area (Å²) in [6.07, 6.45) is 3.15. The van der Waals surface area contributed by atoms with E-state index in [1.807, 2.05) is 30.3 Å². The lowest BCUT2D eigenvalue weighted by Crippen LogP contribution is -2.19. The van der Waals surface area contributed by atoms with Gasteiger partial charge >= 0.3 is 5.97 Å². The third-order valence-corrected chi connectivity index (χ3v) is 4.56. The summed E-state index contributed by atoms with van der Waals surface area (Å²) in [7, 11) is 0. The molecular weight excluding hydrogens is 399 g/mol. The first-order valence-electron chi connectivity index (χ1n) is 9.83. The Morgan fingerprint density at radius 1 is 1.00 bits per heavy atom. The van der Waals surface area contributed by atoms with Crippen molar-refractivity contribution in [3.8, 4) is 11.4 Å². The lowest BCUT2D eigenvalue weighted by atomic mass is 10.2. The van der Waals surface area contributed by atoms with Crippen LogP contribution in [-0.4, -0.2) is 37.4 Å². The number of nitrogens with zero attached hydrogens (tertiary/aromatic N) is 5. The van der Waals surface area contributed by atoms with Crippen LogP contribution in [0.25, 0.3) is 11.4 Å². The lowest BCUT2D eigenvalue weighted by Gasteiger charge is -2.10. The molecule has 4 rings (SSSR count). The van der Waals surface area contributed by atoms with Crippen molar-refractivity contribution < 1.29 is 13.9 Å². The molecule has 2 aromatic heterocycles. The smallest absolute Gasteiger partial charge is 0.341 e. The van der Waals surface area contributed by atoms with Gasteiger partial charge in [-0.3, -0.25) is 0 Å². The number of rotatable bonds is 8. The second-order valence-electron chi connectivity index (χ2n) is 6.68. The van der Waals surface area contributed by atoms with E-state index in [-0.39, 0.29) is 12.4 Å². The number of carbonyl (C=O) groups is 1. The molecule has 0 amide bonds. The standard InChI is InChI=1S/C22H21FN6O2/c1-2-31-22(30)20-14-25-28(18-10-8-16(23)9-11-18)21(20)15-24-12-17-13-26-29(27-17)19-6-4-3-5-7-19/h3-11,13-14,24H,2,12,15H2,1H3. The van der Waals surface area contributed by atoms with Crippen molar-refractivity contribution >= 4 is 5.97 Å². The average Bonchev–Trinajstić information content (AvgIpc) is 3.43. The Morgan fingerprint density at radius 2 is 1.77 bits per heavy atom. The number of nitrogens with one attached hydrogen (secondary N) is 1. The van der Waals surface area contributed by atoms with Crippen LogP contribution in [-0.2, 0) is 17.8 Å². The summed E-state index contributed by atoms with van der Waals surface area (Å²) in [5.74, 6) is -0.801. The summed E-state index contributed by atoms with van der Waals surface area (Å²) in [5.41, 5.74) is 3.22. The summed E-state index contributed by atoms with van der Waals surface area (Å²) < 4.78 is 20.1. The maximum atomic E-state index is 13.3. The molecule has 9 heteroatoms. The molecule has 0 bridgehead atoms. The summed E-state index contributed by atoms with van der Waals surface area (Å²) >= 11 is 0. The lowest BCUT2D eigenvalue weighted by molar-refractivity contribution is 0.0525. The molecule has 0 saturated heterocycles. The van der Waals surface area contributed by atoms with Crippen LogP contribution in [0.5, 0.6) is 0 Å². The molecule has 158 valence electrons. The minimum Gasteiger partial charge on any atom is -0.462 e. The molecule has 0 unspecified atom stereocenters. The van der Waals surface area contributed by atoms with Gasteiger partial charge in [-0.1, -0.05) is 18.2 Å². The van der Waals surface area contributed by atoms with Gasteiger partial charge < -0.3 is 10.1 Å². The van der Waals surface area contributed by atoms with Crippen LogP contribution in [0.3, 0.4) is 0 Å². The number of para-hydroxylation sites is 1. The van der Waals surface area contributed by atoms with Crippen molar-refractivity contribution in [2.45, 2.75) is 20.0 Å². The van der Waals surface area contributed by atoms with Gasteiger partial charge in [0.25, 0.3) is 0 Å². The van der Waals surface area contributed by atoms with Gasteiger partial charge in [-0.25, -0.2) is 13.9 Å². The van der Waals surface area contributed by atoms with Crippen molar-refractivity contribution in [3.05, 3.63) is 89.8 Å². The second kappa shape index (κ2) is 9.31. The number of esters is 1. The van der Waals surface area contributed by atoms with Gasteiger partial charge in [-0.2, -0.15) is 20.1 Å². The fourth-order valence-electron chi connectivity index (χ4n) is 3.10. The fraction of sp³-hybridized carbons (Fsp3) is 0.182. The summed E-state index contributed by atoms with van der Waals surface area (Å²) in [4.78, 5) is 13.9. The number of benzene rings is 2. The molecule has 0 spiro atoms. The van der Waals surface area contributed by atoms with Crippen LogP contribution in [0.4, 0.5) is 4.39 Å². The molecule has 2 heterocycles. The molecule has 8 nitrogen and oxygen atoms in total. The number of halogens is 1. The van der Waals surface area contributed by atoms with Crippen LogP contribution < -0.4 is 5.32 Å². The molecule has 0 aliphatic rings. The van der Waals surface area contributed by atoms with Gasteiger partial charge in [0.1, 0.15) is 11.4 Å². The number of hydrogen-bond donors (Lipinski definition) is 1. The summed E-state index contributed by atoms with van der Waals surface area (Å²) in [5, 5.41) is 16.3. The van der Waals surface area contributed by atoms with E-state index in [0.717, 1.165) is 11.4 Å². The Labute approximate surface area is 178 Å². The molecule has 31 heavy (non-hydrogen) atoms. The maximum absolute atomic E-state index is 13.3. The van der Waals surface area contributed by atoms with Gasteiger partial charge in [-0.05, 0) is 43.3 Å². The average molecular weight is 420 g/mol. The van der Waals surface area contributed by atoms with E-state index in [4.69, 9.17) is 4.74 Å². The van der Waals surface area contributed by atoms with Gasteiger partial charge in [0, 0.05) is 13.1 Å². The largest absolute Gasteiger partial charge is 0.462 e. The molecule has 0 fully saturated rings. The number of hydrogen-bond acceptors (Lipinski definition) is 6. The van der Waals surface area contributed by atoms with Crippen LogP contribution >= 0.6 is 0 Å². The van der Waals surface area contributed by atoms with Crippen LogP contribution in [0.2, 0.25) is 0 Å². The SMILES string of the molecule is CCOC(=O)c1cnn(-c2ccc(F)cc2)c1CNCc1cnn(-c2ccccc2)n1. The number of carbonyl (C=O) groups excluding carboxylic acids is 1. The quantitative estimate of drug-likeness (QED) is 0.441. The molecule has 0 aliphatic carbocycles. The Hall–Kier alpha value is -3.85. The highest BCUT2D eigenvalue weighted by Crippen LogP contribution is 2.17.